The minimum absolute atomic E-state index is 0.641. The first-order valence-electron chi connectivity index (χ1n) is 7.81. The maximum absolute atomic E-state index is 3.64. The van der Waals surface area contributed by atoms with Gasteiger partial charge in [0.2, 0.25) is 0 Å². The first-order valence-corrected chi connectivity index (χ1v) is 7.81. The Morgan fingerprint density at radius 3 is 2.53 bits per heavy atom. The Morgan fingerprint density at radius 2 is 1.82 bits per heavy atom. The van der Waals surface area contributed by atoms with Crippen LogP contribution in [-0.2, 0) is 0 Å². The van der Waals surface area contributed by atoms with Crippen LogP contribution in [0.1, 0.15) is 64.7 Å². The first kappa shape index (κ1) is 13.4. The molecule has 0 amide bonds. The standard InChI is InChI=1S/C15H30N2/c1-13(12-17-15-9-10-15)16-11-5-8-14-6-3-2-4-7-14/h13-17H,2-12H2,1H3. The number of nitrogens with one attached hydrogen (secondary N) is 2. The van der Waals surface area contributed by atoms with E-state index in [1.54, 1.807) is 0 Å². The molecule has 0 aliphatic heterocycles. The summed E-state index contributed by atoms with van der Waals surface area (Å²) in [6.45, 7) is 4.66. The molecular weight excluding hydrogens is 208 g/mol. The van der Waals surface area contributed by atoms with Crippen molar-refractivity contribution < 1.29 is 0 Å². The third-order valence-electron chi connectivity index (χ3n) is 4.30. The van der Waals surface area contributed by atoms with Gasteiger partial charge in [0.15, 0.2) is 0 Å². The summed E-state index contributed by atoms with van der Waals surface area (Å²) in [5.41, 5.74) is 0. The average Bonchev–Trinajstić information content (AvgIpc) is 3.17. The molecule has 2 nitrogen and oxygen atoms in total. The zero-order valence-corrected chi connectivity index (χ0v) is 11.5. The Morgan fingerprint density at radius 1 is 1.06 bits per heavy atom. The summed E-state index contributed by atoms with van der Waals surface area (Å²) in [6.07, 6.45) is 13.1. The number of hydrogen-bond acceptors (Lipinski definition) is 2. The Bertz CT molecular complexity index is 195. The predicted molar refractivity (Wildman–Crippen MR) is 74.3 cm³/mol. The van der Waals surface area contributed by atoms with Crippen molar-refractivity contribution in [2.75, 3.05) is 13.1 Å². The minimum Gasteiger partial charge on any atom is -0.313 e. The van der Waals surface area contributed by atoms with E-state index in [0.29, 0.717) is 6.04 Å². The highest BCUT2D eigenvalue weighted by molar-refractivity contribution is 4.82. The summed E-state index contributed by atoms with van der Waals surface area (Å²) < 4.78 is 0. The van der Waals surface area contributed by atoms with Crippen LogP contribution in [0.25, 0.3) is 0 Å². The fourth-order valence-corrected chi connectivity index (χ4v) is 2.92. The van der Waals surface area contributed by atoms with Gasteiger partial charge in [0.1, 0.15) is 0 Å². The molecule has 0 radical (unpaired) electrons. The zero-order valence-electron chi connectivity index (χ0n) is 11.5. The molecule has 0 saturated heterocycles. The summed E-state index contributed by atoms with van der Waals surface area (Å²) in [6, 6.07) is 1.49. The molecule has 1 atom stereocenters. The molecule has 0 spiro atoms. The second-order valence-corrected chi connectivity index (χ2v) is 6.18. The van der Waals surface area contributed by atoms with Crippen molar-refractivity contribution >= 4 is 0 Å². The maximum atomic E-state index is 3.64. The van der Waals surface area contributed by atoms with Crippen LogP contribution in [0.5, 0.6) is 0 Å². The quantitative estimate of drug-likeness (QED) is 0.635. The highest BCUT2D eigenvalue weighted by atomic mass is 15.0. The van der Waals surface area contributed by atoms with Gasteiger partial charge in [-0.3, -0.25) is 0 Å². The number of rotatable bonds is 8. The lowest BCUT2D eigenvalue weighted by molar-refractivity contribution is 0.328. The molecule has 2 fully saturated rings. The minimum atomic E-state index is 0.641. The van der Waals surface area contributed by atoms with E-state index < -0.39 is 0 Å². The Hall–Kier alpha value is -0.0800. The highest BCUT2D eigenvalue weighted by Gasteiger charge is 2.20. The molecule has 2 aliphatic rings. The van der Waals surface area contributed by atoms with Gasteiger partial charge in [-0.15, -0.1) is 0 Å². The van der Waals surface area contributed by atoms with Gasteiger partial charge in [-0.1, -0.05) is 32.1 Å². The summed E-state index contributed by atoms with van der Waals surface area (Å²) in [4.78, 5) is 0. The third-order valence-corrected chi connectivity index (χ3v) is 4.30. The van der Waals surface area contributed by atoms with Crippen LogP contribution in [0.4, 0.5) is 0 Å². The van der Waals surface area contributed by atoms with Crippen LogP contribution in [0.15, 0.2) is 0 Å². The second kappa shape index (κ2) is 7.38. The lowest BCUT2D eigenvalue weighted by atomic mass is 9.86. The van der Waals surface area contributed by atoms with E-state index >= 15 is 0 Å². The van der Waals surface area contributed by atoms with Crippen molar-refractivity contribution in [2.45, 2.75) is 76.8 Å². The van der Waals surface area contributed by atoms with Crippen molar-refractivity contribution in [1.29, 1.82) is 0 Å². The predicted octanol–water partition coefficient (Wildman–Crippen LogP) is 3.08. The Kier molecular flexibility index (Phi) is 5.79. The van der Waals surface area contributed by atoms with E-state index in [-0.39, 0.29) is 0 Å². The molecule has 0 aromatic heterocycles. The molecule has 0 aromatic rings. The SMILES string of the molecule is CC(CNC1CC1)NCCCC1CCCCC1. The average molecular weight is 238 g/mol. The van der Waals surface area contributed by atoms with Crippen LogP contribution in [0, 0.1) is 5.92 Å². The zero-order chi connectivity index (χ0) is 11.9. The lowest BCUT2D eigenvalue weighted by Gasteiger charge is -2.22. The fourth-order valence-electron chi connectivity index (χ4n) is 2.92. The molecule has 0 heterocycles. The topological polar surface area (TPSA) is 24.1 Å². The Labute approximate surface area is 107 Å². The van der Waals surface area contributed by atoms with Crippen molar-refractivity contribution in [3.8, 4) is 0 Å². The molecule has 100 valence electrons. The van der Waals surface area contributed by atoms with Crippen LogP contribution in [0.2, 0.25) is 0 Å². The number of hydrogen-bond donors (Lipinski definition) is 2. The summed E-state index contributed by atoms with van der Waals surface area (Å²) >= 11 is 0. The van der Waals surface area contributed by atoms with Crippen molar-refractivity contribution in [2.24, 2.45) is 5.92 Å². The van der Waals surface area contributed by atoms with Crippen LogP contribution < -0.4 is 10.6 Å². The van der Waals surface area contributed by atoms with Gasteiger partial charge in [0.05, 0.1) is 0 Å². The van der Waals surface area contributed by atoms with Crippen molar-refractivity contribution in [3.63, 3.8) is 0 Å². The van der Waals surface area contributed by atoms with Crippen molar-refractivity contribution in [1.82, 2.24) is 10.6 Å². The largest absolute Gasteiger partial charge is 0.313 e. The fraction of sp³-hybridized carbons (Fsp3) is 1.00. The van der Waals surface area contributed by atoms with Crippen molar-refractivity contribution in [3.05, 3.63) is 0 Å². The monoisotopic (exact) mass is 238 g/mol. The van der Waals surface area contributed by atoms with E-state index in [1.165, 1.54) is 64.3 Å². The van der Waals surface area contributed by atoms with Crippen LogP contribution in [-0.4, -0.2) is 25.2 Å². The van der Waals surface area contributed by atoms with Gasteiger partial charge in [0, 0.05) is 18.6 Å². The lowest BCUT2D eigenvalue weighted by Crippen LogP contribution is -2.37. The van der Waals surface area contributed by atoms with E-state index in [2.05, 4.69) is 17.6 Å². The summed E-state index contributed by atoms with van der Waals surface area (Å²) in [7, 11) is 0. The van der Waals surface area contributed by atoms with Gasteiger partial charge in [0.25, 0.3) is 0 Å². The molecular formula is C15H30N2. The van der Waals surface area contributed by atoms with Gasteiger partial charge in [-0.2, -0.15) is 0 Å². The van der Waals surface area contributed by atoms with Gasteiger partial charge >= 0.3 is 0 Å². The van der Waals surface area contributed by atoms with Crippen LogP contribution in [0.3, 0.4) is 0 Å². The molecule has 2 heteroatoms. The molecule has 2 aliphatic carbocycles. The van der Waals surface area contributed by atoms with Gasteiger partial charge < -0.3 is 10.6 Å². The first-order chi connectivity index (χ1) is 8.34. The molecule has 1 unspecified atom stereocenters. The smallest absolute Gasteiger partial charge is 0.0164 e. The molecule has 2 saturated carbocycles. The van der Waals surface area contributed by atoms with Gasteiger partial charge in [-0.25, -0.2) is 0 Å². The molecule has 2 N–H and O–H groups in total. The Balaban J connectivity index is 1.41. The van der Waals surface area contributed by atoms with E-state index in [9.17, 15) is 0 Å². The molecule has 0 aromatic carbocycles. The summed E-state index contributed by atoms with van der Waals surface area (Å²) in [5, 5.41) is 7.23. The molecule has 2 rings (SSSR count). The highest BCUT2D eigenvalue weighted by Crippen LogP contribution is 2.26. The third kappa shape index (κ3) is 5.87. The molecule has 0 bridgehead atoms. The van der Waals surface area contributed by atoms with Crippen LogP contribution >= 0.6 is 0 Å². The van der Waals surface area contributed by atoms with Gasteiger partial charge in [-0.05, 0) is 45.1 Å². The molecule has 17 heavy (non-hydrogen) atoms. The van der Waals surface area contributed by atoms with E-state index in [4.69, 9.17) is 0 Å². The van der Waals surface area contributed by atoms with E-state index in [0.717, 1.165) is 18.5 Å². The normalized spacial score (nSPS) is 23.8. The maximum Gasteiger partial charge on any atom is 0.0164 e. The second-order valence-electron chi connectivity index (χ2n) is 6.18. The summed E-state index contributed by atoms with van der Waals surface area (Å²) in [5.74, 6) is 1.05. The van der Waals surface area contributed by atoms with E-state index in [1.807, 2.05) is 0 Å².